The SMILES string of the molecule is COc1ccc2c(c1)OCC(C(=O)N(C)Cc1ccccn1)C2. The van der Waals surface area contributed by atoms with E-state index in [-0.39, 0.29) is 11.8 Å². The summed E-state index contributed by atoms with van der Waals surface area (Å²) in [6.45, 7) is 0.900. The van der Waals surface area contributed by atoms with Gasteiger partial charge in [-0.2, -0.15) is 0 Å². The minimum atomic E-state index is -0.162. The van der Waals surface area contributed by atoms with Crippen LogP contribution in [0.3, 0.4) is 0 Å². The van der Waals surface area contributed by atoms with Crippen molar-refractivity contribution in [1.82, 2.24) is 9.88 Å². The molecule has 0 N–H and O–H groups in total. The predicted octanol–water partition coefficient (Wildman–Crippen LogP) is 2.30. The molecule has 0 aliphatic carbocycles. The van der Waals surface area contributed by atoms with Crippen molar-refractivity contribution in [3.63, 3.8) is 0 Å². The monoisotopic (exact) mass is 312 g/mol. The number of methoxy groups -OCH3 is 1. The molecule has 0 bridgehead atoms. The lowest BCUT2D eigenvalue weighted by Crippen LogP contribution is -2.38. The van der Waals surface area contributed by atoms with Crippen molar-refractivity contribution in [2.75, 3.05) is 20.8 Å². The van der Waals surface area contributed by atoms with E-state index >= 15 is 0 Å². The van der Waals surface area contributed by atoms with Crippen molar-refractivity contribution in [3.05, 3.63) is 53.9 Å². The Labute approximate surface area is 135 Å². The molecule has 0 saturated heterocycles. The fourth-order valence-corrected chi connectivity index (χ4v) is 2.76. The number of amides is 1. The predicted molar refractivity (Wildman–Crippen MR) is 86.4 cm³/mol. The van der Waals surface area contributed by atoms with Crippen LogP contribution in [0.2, 0.25) is 0 Å². The first kappa shape index (κ1) is 15.3. The molecule has 1 aliphatic heterocycles. The molecule has 1 amide bonds. The Morgan fingerprint density at radius 3 is 3.00 bits per heavy atom. The van der Waals surface area contributed by atoms with Crippen LogP contribution in [0.5, 0.6) is 11.5 Å². The van der Waals surface area contributed by atoms with Crippen LogP contribution in [0.1, 0.15) is 11.3 Å². The lowest BCUT2D eigenvalue weighted by molar-refractivity contribution is -0.136. The second kappa shape index (κ2) is 6.69. The highest BCUT2D eigenvalue weighted by Crippen LogP contribution is 2.31. The number of benzene rings is 1. The third-order valence-electron chi connectivity index (χ3n) is 4.03. The number of fused-ring (bicyclic) bond motifs is 1. The van der Waals surface area contributed by atoms with Crippen molar-refractivity contribution in [3.8, 4) is 11.5 Å². The van der Waals surface area contributed by atoms with Crippen LogP contribution in [0.15, 0.2) is 42.6 Å². The molecule has 1 aliphatic rings. The second-order valence-electron chi connectivity index (χ2n) is 5.70. The summed E-state index contributed by atoms with van der Waals surface area (Å²) < 4.78 is 11.0. The Morgan fingerprint density at radius 2 is 2.26 bits per heavy atom. The molecule has 1 atom stereocenters. The second-order valence-corrected chi connectivity index (χ2v) is 5.70. The highest BCUT2D eigenvalue weighted by atomic mass is 16.5. The first-order valence-corrected chi connectivity index (χ1v) is 7.62. The molecule has 1 aromatic heterocycles. The third-order valence-corrected chi connectivity index (χ3v) is 4.03. The number of carbonyl (C=O) groups is 1. The fourth-order valence-electron chi connectivity index (χ4n) is 2.76. The number of hydrogen-bond acceptors (Lipinski definition) is 4. The smallest absolute Gasteiger partial charge is 0.229 e. The Kier molecular flexibility index (Phi) is 4.46. The van der Waals surface area contributed by atoms with E-state index in [1.54, 1.807) is 25.3 Å². The number of hydrogen-bond donors (Lipinski definition) is 0. The molecule has 2 heterocycles. The van der Waals surface area contributed by atoms with E-state index in [4.69, 9.17) is 9.47 Å². The van der Waals surface area contributed by atoms with Crippen molar-refractivity contribution >= 4 is 5.91 Å². The minimum Gasteiger partial charge on any atom is -0.497 e. The number of rotatable bonds is 4. The minimum absolute atomic E-state index is 0.0807. The van der Waals surface area contributed by atoms with E-state index in [0.29, 0.717) is 19.6 Å². The molecule has 5 nitrogen and oxygen atoms in total. The number of pyridine rings is 1. The summed E-state index contributed by atoms with van der Waals surface area (Å²) >= 11 is 0. The van der Waals surface area contributed by atoms with Crippen LogP contribution >= 0.6 is 0 Å². The van der Waals surface area contributed by atoms with Gasteiger partial charge in [0.2, 0.25) is 5.91 Å². The van der Waals surface area contributed by atoms with Gasteiger partial charge in [0.25, 0.3) is 0 Å². The van der Waals surface area contributed by atoms with E-state index in [1.807, 2.05) is 36.4 Å². The van der Waals surface area contributed by atoms with Crippen LogP contribution in [0.4, 0.5) is 0 Å². The molecule has 0 radical (unpaired) electrons. The Bertz CT molecular complexity index is 688. The Balaban J connectivity index is 1.66. The van der Waals surface area contributed by atoms with Crippen molar-refractivity contribution in [2.45, 2.75) is 13.0 Å². The highest BCUT2D eigenvalue weighted by molar-refractivity contribution is 5.79. The first-order chi connectivity index (χ1) is 11.2. The summed E-state index contributed by atoms with van der Waals surface area (Å²) in [5, 5.41) is 0. The molecule has 5 heteroatoms. The largest absolute Gasteiger partial charge is 0.497 e. The van der Waals surface area contributed by atoms with E-state index in [1.165, 1.54) is 0 Å². The van der Waals surface area contributed by atoms with Gasteiger partial charge in [-0.15, -0.1) is 0 Å². The van der Waals surface area contributed by atoms with Gasteiger partial charge in [-0.05, 0) is 30.2 Å². The Hall–Kier alpha value is -2.56. The number of nitrogens with zero attached hydrogens (tertiary/aromatic N) is 2. The molecule has 23 heavy (non-hydrogen) atoms. The molecule has 3 rings (SSSR count). The fraction of sp³-hybridized carbons (Fsp3) is 0.333. The van der Waals surface area contributed by atoms with Crippen molar-refractivity contribution < 1.29 is 14.3 Å². The number of carbonyl (C=O) groups excluding carboxylic acids is 1. The number of ether oxygens (including phenoxy) is 2. The molecule has 1 aromatic carbocycles. The van der Waals surface area contributed by atoms with Gasteiger partial charge in [0, 0.05) is 19.3 Å². The lowest BCUT2D eigenvalue weighted by Gasteiger charge is -2.28. The molecular weight excluding hydrogens is 292 g/mol. The maximum absolute atomic E-state index is 12.6. The highest BCUT2D eigenvalue weighted by Gasteiger charge is 2.28. The molecule has 0 spiro atoms. The van der Waals surface area contributed by atoms with E-state index in [9.17, 15) is 4.79 Å². The van der Waals surface area contributed by atoms with Gasteiger partial charge < -0.3 is 14.4 Å². The van der Waals surface area contributed by atoms with Gasteiger partial charge in [0.15, 0.2) is 0 Å². The van der Waals surface area contributed by atoms with Gasteiger partial charge in [-0.1, -0.05) is 12.1 Å². The maximum Gasteiger partial charge on any atom is 0.229 e. The van der Waals surface area contributed by atoms with E-state index in [0.717, 1.165) is 22.8 Å². The summed E-state index contributed by atoms with van der Waals surface area (Å²) in [7, 11) is 3.43. The zero-order valence-electron chi connectivity index (χ0n) is 13.4. The van der Waals surface area contributed by atoms with Crippen LogP contribution in [-0.2, 0) is 17.8 Å². The molecule has 1 unspecified atom stereocenters. The van der Waals surface area contributed by atoms with Crippen molar-refractivity contribution in [1.29, 1.82) is 0 Å². The van der Waals surface area contributed by atoms with Gasteiger partial charge in [-0.3, -0.25) is 9.78 Å². The normalized spacial score (nSPS) is 16.2. The van der Waals surface area contributed by atoms with Gasteiger partial charge in [-0.25, -0.2) is 0 Å². The standard InChI is InChI=1S/C18H20N2O3/c1-20(11-15-5-3-4-8-19-15)18(21)14-9-13-6-7-16(22-2)10-17(13)23-12-14/h3-8,10,14H,9,11-12H2,1-2H3. The summed E-state index contributed by atoms with van der Waals surface area (Å²) in [6, 6.07) is 11.4. The average Bonchev–Trinajstić information content (AvgIpc) is 2.61. The third kappa shape index (κ3) is 3.44. The summed E-state index contributed by atoms with van der Waals surface area (Å²) in [5.74, 6) is 1.49. The topological polar surface area (TPSA) is 51.7 Å². The van der Waals surface area contributed by atoms with Gasteiger partial charge >= 0.3 is 0 Å². The maximum atomic E-state index is 12.6. The number of aromatic nitrogens is 1. The van der Waals surface area contributed by atoms with Gasteiger partial charge in [0.05, 0.1) is 25.3 Å². The Morgan fingerprint density at radius 1 is 1.39 bits per heavy atom. The van der Waals surface area contributed by atoms with Crippen LogP contribution in [0.25, 0.3) is 0 Å². The average molecular weight is 312 g/mol. The van der Waals surface area contributed by atoms with Crippen LogP contribution in [0, 0.1) is 5.92 Å². The summed E-state index contributed by atoms with van der Waals surface area (Å²) in [5.41, 5.74) is 1.92. The van der Waals surface area contributed by atoms with Crippen LogP contribution < -0.4 is 9.47 Å². The van der Waals surface area contributed by atoms with Gasteiger partial charge in [0.1, 0.15) is 18.1 Å². The molecular formula is C18H20N2O3. The molecule has 0 saturated carbocycles. The molecule has 120 valence electrons. The van der Waals surface area contributed by atoms with E-state index < -0.39 is 0 Å². The quantitative estimate of drug-likeness (QED) is 0.869. The van der Waals surface area contributed by atoms with Crippen molar-refractivity contribution in [2.24, 2.45) is 5.92 Å². The summed E-state index contributed by atoms with van der Waals surface area (Å²) in [4.78, 5) is 18.6. The summed E-state index contributed by atoms with van der Waals surface area (Å²) in [6.07, 6.45) is 2.42. The first-order valence-electron chi connectivity index (χ1n) is 7.62. The zero-order valence-corrected chi connectivity index (χ0v) is 13.4. The zero-order chi connectivity index (χ0) is 16.2. The molecule has 0 fully saturated rings. The lowest BCUT2D eigenvalue weighted by atomic mass is 9.95. The molecule has 2 aromatic rings. The van der Waals surface area contributed by atoms with Crippen LogP contribution in [-0.4, -0.2) is 36.6 Å². The van der Waals surface area contributed by atoms with E-state index in [2.05, 4.69) is 4.98 Å².